The van der Waals surface area contributed by atoms with E-state index >= 15 is 0 Å². The van der Waals surface area contributed by atoms with Crippen molar-refractivity contribution >= 4 is 10.0 Å². The van der Waals surface area contributed by atoms with Crippen molar-refractivity contribution in [1.82, 2.24) is 9.21 Å². The highest BCUT2D eigenvalue weighted by molar-refractivity contribution is 7.88. The Balaban J connectivity index is 1.91. The fourth-order valence-electron chi connectivity index (χ4n) is 3.24. The molecule has 0 bridgehead atoms. The van der Waals surface area contributed by atoms with Crippen molar-refractivity contribution in [1.29, 1.82) is 0 Å². The van der Waals surface area contributed by atoms with Gasteiger partial charge in [0.1, 0.15) is 0 Å². The van der Waals surface area contributed by atoms with Gasteiger partial charge in [-0.3, -0.25) is 0 Å². The standard InChI is InChI=1S/C12H24N2O2S/c1-3-7-13-8-4-12(11-13)5-9-14(10-6-12)17(2,15)16/h3-11H2,1-2H3. The fraction of sp³-hybridized carbons (Fsp3) is 1.00. The zero-order chi connectivity index (χ0) is 12.5. The summed E-state index contributed by atoms with van der Waals surface area (Å²) >= 11 is 0. The van der Waals surface area contributed by atoms with Crippen LogP contribution in [0, 0.1) is 5.41 Å². The molecule has 1 spiro atoms. The molecule has 0 N–H and O–H groups in total. The van der Waals surface area contributed by atoms with Crippen LogP contribution in [0.3, 0.4) is 0 Å². The largest absolute Gasteiger partial charge is 0.303 e. The highest BCUT2D eigenvalue weighted by atomic mass is 32.2. The predicted molar refractivity (Wildman–Crippen MR) is 69.4 cm³/mol. The lowest BCUT2D eigenvalue weighted by Gasteiger charge is -2.38. The molecule has 2 aliphatic heterocycles. The molecule has 0 radical (unpaired) electrons. The van der Waals surface area contributed by atoms with Crippen molar-refractivity contribution in [3.8, 4) is 0 Å². The lowest BCUT2D eigenvalue weighted by molar-refractivity contribution is 0.155. The number of hydrogen-bond donors (Lipinski definition) is 0. The molecule has 2 fully saturated rings. The van der Waals surface area contributed by atoms with Crippen LogP contribution < -0.4 is 0 Å². The Morgan fingerprint density at radius 1 is 1.12 bits per heavy atom. The summed E-state index contributed by atoms with van der Waals surface area (Å²) in [5.41, 5.74) is 0.413. The van der Waals surface area contributed by atoms with Crippen LogP contribution in [0.15, 0.2) is 0 Å². The van der Waals surface area contributed by atoms with Crippen LogP contribution in [0.4, 0.5) is 0 Å². The molecule has 17 heavy (non-hydrogen) atoms. The molecule has 100 valence electrons. The van der Waals surface area contributed by atoms with Gasteiger partial charge < -0.3 is 4.90 Å². The van der Waals surface area contributed by atoms with E-state index in [1.165, 1.54) is 38.7 Å². The molecule has 2 rings (SSSR count). The van der Waals surface area contributed by atoms with Crippen molar-refractivity contribution < 1.29 is 8.42 Å². The van der Waals surface area contributed by atoms with Gasteiger partial charge in [0.05, 0.1) is 6.26 Å². The molecule has 0 aromatic heterocycles. The van der Waals surface area contributed by atoms with Gasteiger partial charge in [-0.15, -0.1) is 0 Å². The minimum atomic E-state index is -2.98. The number of likely N-dealkylation sites (tertiary alicyclic amines) is 1. The van der Waals surface area contributed by atoms with E-state index in [0.717, 1.165) is 25.9 Å². The third-order valence-electron chi connectivity index (χ3n) is 4.31. The van der Waals surface area contributed by atoms with Crippen molar-refractivity contribution in [2.24, 2.45) is 5.41 Å². The zero-order valence-corrected chi connectivity index (χ0v) is 11.8. The smallest absolute Gasteiger partial charge is 0.211 e. The zero-order valence-electron chi connectivity index (χ0n) is 11.0. The molecule has 4 nitrogen and oxygen atoms in total. The molecule has 2 aliphatic rings. The summed E-state index contributed by atoms with van der Waals surface area (Å²) in [5, 5.41) is 0. The number of sulfonamides is 1. The van der Waals surface area contributed by atoms with Crippen LogP contribution in [-0.2, 0) is 10.0 Å². The SMILES string of the molecule is CCCN1CCC2(CCN(S(C)(=O)=O)CC2)C1. The van der Waals surface area contributed by atoms with Gasteiger partial charge >= 0.3 is 0 Å². The Kier molecular flexibility index (Phi) is 3.80. The van der Waals surface area contributed by atoms with E-state index in [2.05, 4.69) is 11.8 Å². The van der Waals surface area contributed by atoms with E-state index in [0.29, 0.717) is 5.41 Å². The summed E-state index contributed by atoms with van der Waals surface area (Å²) in [7, 11) is -2.98. The van der Waals surface area contributed by atoms with Gasteiger partial charge in [-0.1, -0.05) is 6.92 Å². The maximum atomic E-state index is 11.5. The van der Waals surface area contributed by atoms with Gasteiger partial charge in [0.25, 0.3) is 0 Å². The fourth-order valence-corrected chi connectivity index (χ4v) is 4.08. The topological polar surface area (TPSA) is 40.6 Å². The normalized spacial score (nSPS) is 26.7. The first kappa shape index (κ1) is 13.3. The summed E-state index contributed by atoms with van der Waals surface area (Å²) in [6, 6.07) is 0. The van der Waals surface area contributed by atoms with Gasteiger partial charge in [0, 0.05) is 19.6 Å². The molecular formula is C12H24N2O2S. The molecule has 0 aromatic rings. The maximum Gasteiger partial charge on any atom is 0.211 e. The second-order valence-corrected chi connectivity index (χ2v) is 7.67. The molecule has 0 aliphatic carbocycles. The Labute approximate surface area is 105 Å². The molecular weight excluding hydrogens is 236 g/mol. The van der Waals surface area contributed by atoms with Crippen molar-refractivity contribution in [3.05, 3.63) is 0 Å². The van der Waals surface area contributed by atoms with Gasteiger partial charge in [0.15, 0.2) is 0 Å². The van der Waals surface area contributed by atoms with Crippen LogP contribution in [0.5, 0.6) is 0 Å². The quantitative estimate of drug-likeness (QED) is 0.764. The van der Waals surface area contributed by atoms with Crippen molar-refractivity contribution in [3.63, 3.8) is 0 Å². The van der Waals surface area contributed by atoms with E-state index in [1.807, 2.05) is 0 Å². The molecule has 2 saturated heterocycles. The molecule has 2 heterocycles. The van der Waals surface area contributed by atoms with Crippen LogP contribution in [-0.4, -0.2) is 56.6 Å². The molecule has 0 amide bonds. The third-order valence-corrected chi connectivity index (χ3v) is 5.61. The number of piperidine rings is 1. The number of hydrogen-bond acceptors (Lipinski definition) is 3. The number of nitrogens with zero attached hydrogens (tertiary/aromatic N) is 2. The van der Waals surface area contributed by atoms with Gasteiger partial charge in [-0.25, -0.2) is 12.7 Å². The summed E-state index contributed by atoms with van der Waals surface area (Å²) in [4.78, 5) is 2.54. The predicted octanol–water partition coefficient (Wildman–Crippen LogP) is 1.14. The van der Waals surface area contributed by atoms with Gasteiger partial charge in [-0.05, 0) is 44.2 Å². The van der Waals surface area contributed by atoms with Crippen molar-refractivity contribution in [2.75, 3.05) is 39.0 Å². The van der Waals surface area contributed by atoms with Crippen molar-refractivity contribution in [2.45, 2.75) is 32.6 Å². The highest BCUT2D eigenvalue weighted by Crippen LogP contribution is 2.40. The van der Waals surface area contributed by atoms with E-state index in [4.69, 9.17) is 0 Å². The third kappa shape index (κ3) is 3.01. The van der Waals surface area contributed by atoms with E-state index < -0.39 is 10.0 Å². The van der Waals surface area contributed by atoms with E-state index in [-0.39, 0.29) is 0 Å². The Hall–Kier alpha value is -0.130. The number of rotatable bonds is 3. The summed E-state index contributed by atoms with van der Waals surface area (Å²) in [6.07, 6.45) is 5.87. The first-order valence-corrected chi connectivity index (χ1v) is 8.47. The first-order chi connectivity index (χ1) is 7.95. The van der Waals surface area contributed by atoms with Crippen LogP contribution >= 0.6 is 0 Å². The molecule has 5 heteroatoms. The average molecular weight is 260 g/mol. The second-order valence-electron chi connectivity index (χ2n) is 5.69. The molecule has 0 unspecified atom stereocenters. The lowest BCUT2D eigenvalue weighted by atomic mass is 9.78. The summed E-state index contributed by atoms with van der Waals surface area (Å²) in [6.45, 7) is 7.23. The van der Waals surface area contributed by atoms with E-state index in [1.54, 1.807) is 4.31 Å². The molecule has 0 aromatic carbocycles. The van der Waals surface area contributed by atoms with Gasteiger partial charge in [-0.2, -0.15) is 0 Å². The Bertz CT molecular complexity index is 359. The summed E-state index contributed by atoms with van der Waals surface area (Å²) in [5.74, 6) is 0. The molecule has 0 atom stereocenters. The Morgan fingerprint density at radius 3 is 2.24 bits per heavy atom. The minimum absolute atomic E-state index is 0.413. The lowest BCUT2D eigenvalue weighted by Crippen LogP contribution is -2.43. The molecule has 0 saturated carbocycles. The minimum Gasteiger partial charge on any atom is -0.303 e. The highest BCUT2D eigenvalue weighted by Gasteiger charge is 2.41. The summed E-state index contributed by atoms with van der Waals surface area (Å²) < 4.78 is 24.6. The van der Waals surface area contributed by atoms with Gasteiger partial charge in [0.2, 0.25) is 10.0 Å². The van der Waals surface area contributed by atoms with Crippen LogP contribution in [0.25, 0.3) is 0 Å². The first-order valence-electron chi connectivity index (χ1n) is 6.63. The Morgan fingerprint density at radius 2 is 1.71 bits per heavy atom. The second kappa shape index (κ2) is 4.86. The maximum absolute atomic E-state index is 11.5. The monoisotopic (exact) mass is 260 g/mol. The van der Waals surface area contributed by atoms with Crippen LogP contribution in [0.2, 0.25) is 0 Å². The van der Waals surface area contributed by atoms with E-state index in [9.17, 15) is 8.42 Å². The van der Waals surface area contributed by atoms with Crippen LogP contribution in [0.1, 0.15) is 32.6 Å². The average Bonchev–Trinajstić information content (AvgIpc) is 2.61.